The summed E-state index contributed by atoms with van der Waals surface area (Å²) in [5.74, 6) is 0.689. The molecule has 7 heteroatoms. The van der Waals surface area contributed by atoms with Crippen LogP contribution in [0.5, 0.6) is 0 Å². The van der Waals surface area contributed by atoms with Crippen LogP contribution in [0.4, 0.5) is 11.5 Å². The van der Waals surface area contributed by atoms with Crippen molar-refractivity contribution in [3.8, 4) is 0 Å². The van der Waals surface area contributed by atoms with Gasteiger partial charge in [0, 0.05) is 30.8 Å². The van der Waals surface area contributed by atoms with E-state index in [9.17, 15) is 0 Å². The molecule has 0 unspecified atom stereocenters. The number of nitrogens with one attached hydrogen (secondary N) is 1. The molecule has 1 heterocycles. The van der Waals surface area contributed by atoms with E-state index in [0.29, 0.717) is 12.4 Å². The zero-order chi connectivity index (χ0) is 24.2. The molecule has 6 nitrogen and oxygen atoms in total. The normalized spacial score (nSPS) is 12.5. The summed E-state index contributed by atoms with van der Waals surface area (Å²) in [6, 6.07) is 12.3. The molecule has 0 bridgehead atoms. The van der Waals surface area contributed by atoms with Crippen molar-refractivity contribution in [2.24, 2.45) is 10.1 Å². The maximum absolute atomic E-state index is 5.43. The monoisotopic (exact) mass is 464 g/mol. The van der Waals surface area contributed by atoms with Crippen molar-refractivity contribution in [3.05, 3.63) is 53.7 Å². The molecule has 0 aliphatic carbocycles. The summed E-state index contributed by atoms with van der Waals surface area (Å²) in [5, 5.41) is 4.40. The lowest BCUT2D eigenvalue weighted by atomic mass is 10.1. The molecular weight excluding hydrogens is 428 g/mol. The van der Waals surface area contributed by atoms with E-state index >= 15 is 0 Å². The van der Waals surface area contributed by atoms with Crippen LogP contribution < -0.4 is 10.3 Å². The molecule has 1 aromatic carbocycles. The van der Waals surface area contributed by atoms with E-state index in [1.54, 1.807) is 0 Å². The van der Waals surface area contributed by atoms with Crippen molar-refractivity contribution in [2.45, 2.75) is 26.7 Å². The number of hydrazone groups is 1. The molecule has 2 aromatic rings. The highest BCUT2D eigenvalue weighted by Crippen LogP contribution is 2.15. The molecule has 0 spiro atoms. The van der Waals surface area contributed by atoms with Crippen molar-refractivity contribution in [2.75, 3.05) is 51.6 Å². The van der Waals surface area contributed by atoms with Crippen LogP contribution in [-0.4, -0.2) is 67.5 Å². The van der Waals surface area contributed by atoms with Gasteiger partial charge >= 0.3 is 0 Å². The smallest absolute Gasteiger partial charge is 0.146 e. The van der Waals surface area contributed by atoms with Crippen molar-refractivity contribution in [1.82, 2.24) is 9.88 Å². The van der Waals surface area contributed by atoms with E-state index in [1.165, 1.54) is 5.69 Å². The summed E-state index contributed by atoms with van der Waals surface area (Å²) >= 11 is 5.43. The second kappa shape index (κ2) is 13.6. The van der Waals surface area contributed by atoms with E-state index in [4.69, 9.17) is 12.2 Å². The van der Waals surface area contributed by atoms with Gasteiger partial charge in [0.15, 0.2) is 0 Å². The SMILES string of the molecule is CC(=NCC(=S)CCCN(C)C)/C(C)=N/Nc1ccc(/C=C/c2ccc(N(C)C)cc2)cn1. The lowest BCUT2D eigenvalue weighted by Crippen LogP contribution is -2.15. The molecule has 176 valence electrons. The second-order valence-electron chi connectivity index (χ2n) is 8.45. The van der Waals surface area contributed by atoms with Crippen molar-refractivity contribution in [1.29, 1.82) is 0 Å². The quantitative estimate of drug-likeness (QED) is 0.263. The molecule has 0 atom stereocenters. The number of aliphatic imine (C=N–C) groups is 1. The van der Waals surface area contributed by atoms with Crippen molar-refractivity contribution in [3.63, 3.8) is 0 Å². The number of hydrogen-bond donors (Lipinski definition) is 1. The Kier molecular flexibility index (Phi) is 10.9. The first-order chi connectivity index (χ1) is 15.7. The Morgan fingerprint density at radius 2 is 1.64 bits per heavy atom. The molecule has 33 heavy (non-hydrogen) atoms. The molecular formula is C26H36N6S. The third-order valence-corrected chi connectivity index (χ3v) is 5.41. The highest BCUT2D eigenvalue weighted by molar-refractivity contribution is 7.80. The predicted octanol–water partition coefficient (Wildman–Crippen LogP) is 5.28. The topological polar surface area (TPSA) is 56.1 Å². The Bertz CT molecular complexity index is 973. The van der Waals surface area contributed by atoms with Crippen LogP contribution in [-0.2, 0) is 0 Å². The van der Waals surface area contributed by atoms with Gasteiger partial charge in [-0.2, -0.15) is 5.10 Å². The summed E-state index contributed by atoms with van der Waals surface area (Å²) < 4.78 is 0. The zero-order valence-corrected chi connectivity index (χ0v) is 21.5. The Morgan fingerprint density at radius 3 is 2.24 bits per heavy atom. The standard InChI is InChI=1S/C26H36N6S/c1-20(27-19-25(33)8-7-17-31(3)4)21(2)29-30-26-16-13-23(18-28-26)10-9-22-11-14-24(15-12-22)32(5)6/h9-16,18H,7-8,17,19H2,1-6H3,(H,28,30)/b10-9+,27-20?,29-21+. The Hall–Kier alpha value is -2.90. The predicted molar refractivity (Wildman–Crippen MR) is 149 cm³/mol. The lowest BCUT2D eigenvalue weighted by molar-refractivity contribution is 0.404. The van der Waals surface area contributed by atoms with E-state index in [0.717, 1.165) is 46.8 Å². The Morgan fingerprint density at radius 1 is 0.970 bits per heavy atom. The second-order valence-corrected chi connectivity index (χ2v) is 9.03. The van der Waals surface area contributed by atoms with Gasteiger partial charge in [-0.25, -0.2) is 4.98 Å². The number of rotatable bonds is 12. The van der Waals surface area contributed by atoms with Gasteiger partial charge in [0.25, 0.3) is 0 Å². The molecule has 0 amide bonds. The molecule has 1 N–H and O–H groups in total. The molecule has 0 aliphatic rings. The summed E-state index contributed by atoms with van der Waals surface area (Å²) in [6.07, 6.45) is 7.94. The molecule has 2 rings (SSSR count). The Balaban J connectivity index is 1.86. The number of thiocarbonyl (C=S) groups is 1. The van der Waals surface area contributed by atoms with E-state index in [-0.39, 0.29) is 0 Å². The number of pyridine rings is 1. The number of aromatic nitrogens is 1. The van der Waals surface area contributed by atoms with Crippen LogP contribution in [0.25, 0.3) is 12.2 Å². The summed E-state index contributed by atoms with van der Waals surface area (Å²) in [7, 11) is 8.22. The van der Waals surface area contributed by atoms with E-state index in [1.807, 2.05) is 52.3 Å². The van der Waals surface area contributed by atoms with Gasteiger partial charge in [0.2, 0.25) is 0 Å². The van der Waals surface area contributed by atoms with Gasteiger partial charge in [-0.05, 0) is 82.7 Å². The van der Waals surface area contributed by atoms with Gasteiger partial charge in [-0.3, -0.25) is 10.4 Å². The highest BCUT2D eigenvalue weighted by Gasteiger charge is 2.01. The minimum atomic E-state index is 0.568. The van der Waals surface area contributed by atoms with Gasteiger partial charge in [-0.15, -0.1) is 0 Å². The summed E-state index contributed by atoms with van der Waals surface area (Å²) in [6.45, 7) is 5.49. The van der Waals surface area contributed by atoms with Crippen LogP contribution in [0.2, 0.25) is 0 Å². The number of hydrogen-bond acceptors (Lipinski definition) is 7. The van der Waals surface area contributed by atoms with E-state index < -0.39 is 0 Å². The average molecular weight is 465 g/mol. The first-order valence-electron chi connectivity index (χ1n) is 11.1. The van der Waals surface area contributed by atoms with Crippen molar-refractivity contribution >= 4 is 52.2 Å². The van der Waals surface area contributed by atoms with Gasteiger partial charge in [0.05, 0.1) is 18.0 Å². The third kappa shape index (κ3) is 10.1. The van der Waals surface area contributed by atoms with Gasteiger partial charge in [0.1, 0.15) is 5.82 Å². The fraction of sp³-hybridized carbons (Fsp3) is 0.385. The van der Waals surface area contributed by atoms with Crippen LogP contribution >= 0.6 is 12.2 Å². The molecule has 0 fully saturated rings. The van der Waals surface area contributed by atoms with Gasteiger partial charge in [-0.1, -0.05) is 36.5 Å². The first-order valence-corrected chi connectivity index (χ1v) is 11.5. The van der Waals surface area contributed by atoms with Crippen LogP contribution in [0.1, 0.15) is 37.8 Å². The number of anilines is 2. The fourth-order valence-electron chi connectivity index (χ4n) is 2.86. The minimum Gasteiger partial charge on any atom is -0.378 e. The van der Waals surface area contributed by atoms with Crippen LogP contribution in [0.15, 0.2) is 52.7 Å². The van der Waals surface area contributed by atoms with E-state index in [2.05, 4.69) is 74.7 Å². The molecule has 1 aromatic heterocycles. The summed E-state index contributed by atoms with van der Waals surface area (Å²) in [5.41, 5.74) is 8.05. The van der Waals surface area contributed by atoms with Crippen molar-refractivity contribution < 1.29 is 0 Å². The maximum atomic E-state index is 5.43. The lowest BCUT2D eigenvalue weighted by Gasteiger charge is -2.11. The number of benzene rings is 1. The molecule has 0 aliphatic heterocycles. The Labute approximate surface area is 204 Å². The number of nitrogens with zero attached hydrogens (tertiary/aromatic N) is 5. The minimum absolute atomic E-state index is 0.568. The van der Waals surface area contributed by atoms with Gasteiger partial charge < -0.3 is 9.80 Å². The average Bonchev–Trinajstić information content (AvgIpc) is 2.80. The fourth-order valence-corrected chi connectivity index (χ4v) is 3.07. The maximum Gasteiger partial charge on any atom is 0.146 e. The molecule has 0 saturated heterocycles. The highest BCUT2D eigenvalue weighted by atomic mass is 32.1. The molecule has 0 radical (unpaired) electrons. The summed E-state index contributed by atoms with van der Waals surface area (Å²) in [4.78, 5) is 14.3. The first kappa shape index (κ1) is 26.4. The van der Waals surface area contributed by atoms with Crippen LogP contribution in [0.3, 0.4) is 0 Å². The third-order valence-electron chi connectivity index (χ3n) is 5.08. The largest absolute Gasteiger partial charge is 0.378 e. The van der Waals surface area contributed by atoms with Crippen LogP contribution in [0, 0.1) is 0 Å². The zero-order valence-electron chi connectivity index (χ0n) is 20.7. The molecule has 0 saturated carbocycles.